The molecule has 1 atom stereocenters. The summed E-state index contributed by atoms with van der Waals surface area (Å²) in [5.41, 5.74) is 0.908. The number of nitrogens with zero attached hydrogens (tertiary/aromatic N) is 3. The van der Waals surface area contributed by atoms with E-state index in [2.05, 4.69) is 27.0 Å². The quantitative estimate of drug-likeness (QED) is 0.624. The Morgan fingerprint density at radius 1 is 1.16 bits per heavy atom. The number of anilines is 1. The second kappa shape index (κ2) is 10.2. The lowest BCUT2D eigenvalue weighted by Gasteiger charge is -2.34. The van der Waals surface area contributed by atoms with E-state index >= 15 is 0 Å². The van der Waals surface area contributed by atoms with Gasteiger partial charge >= 0.3 is 0 Å². The first-order valence-corrected chi connectivity index (χ1v) is 12.0. The molecular formula is C22H29FN4O3S. The monoisotopic (exact) mass is 448 g/mol. The average Bonchev–Trinajstić information content (AvgIpc) is 2.78. The largest absolute Gasteiger partial charge is 0.354 e. The lowest BCUT2D eigenvalue weighted by molar-refractivity contribution is -0.121. The van der Waals surface area contributed by atoms with Crippen molar-refractivity contribution in [1.29, 1.82) is 0 Å². The van der Waals surface area contributed by atoms with Crippen molar-refractivity contribution < 1.29 is 17.6 Å². The minimum absolute atomic E-state index is 0.0103. The smallest absolute Gasteiger partial charge is 0.221 e. The first kappa shape index (κ1) is 23.1. The standard InChI is InChI=1S/C22H29FN4O3S/c1-3-26-10-12-27(13-11-26)21-15-18(8-9-24-21)16-25-22(28)14-17(2)31(29,30)20-6-4-19(23)5-7-20/h4-9,15,17H,3,10-14,16H2,1-2H3,(H,25,28). The highest BCUT2D eigenvalue weighted by Crippen LogP contribution is 2.19. The zero-order chi connectivity index (χ0) is 22.4. The molecule has 1 amide bonds. The number of nitrogens with one attached hydrogen (secondary N) is 1. The summed E-state index contributed by atoms with van der Waals surface area (Å²) in [7, 11) is -3.71. The summed E-state index contributed by atoms with van der Waals surface area (Å²) in [5.74, 6) is 0.0242. The van der Waals surface area contributed by atoms with E-state index in [-0.39, 0.29) is 17.2 Å². The molecule has 1 fully saturated rings. The zero-order valence-electron chi connectivity index (χ0n) is 17.9. The number of sulfone groups is 1. The predicted octanol–water partition coefficient (Wildman–Crippen LogP) is 2.23. The first-order valence-electron chi connectivity index (χ1n) is 10.5. The normalized spacial score (nSPS) is 16.2. The second-order valence-corrected chi connectivity index (χ2v) is 10.1. The van der Waals surface area contributed by atoms with Crippen LogP contribution in [0, 0.1) is 5.82 Å². The van der Waals surface area contributed by atoms with E-state index in [9.17, 15) is 17.6 Å². The van der Waals surface area contributed by atoms with Crippen LogP contribution >= 0.6 is 0 Å². The fourth-order valence-corrected chi connectivity index (χ4v) is 4.89. The first-order chi connectivity index (χ1) is 14.8. The fraction of sp³-hybridized carbons (Fsp3) is 0.455. The molecule has 1 saturated heterocycles. The van der Waals surface area contributed by atoms with E-state index in [0.29, 0.717) is 6.54 Å². The van der Waals surface area contributed by atoms with Crippen molar-refractivity contribution in [3.8, 4) is 0 Å². The average molecular weight is 449 g/mol. The van der Waals surface area contributed by atoms with Crippen LogP contribution in [-0.4, -0.2) is 62.2 Å². The Morgan fingerprint density at radius 3 is 2.48 bits per heavy atom. The lowest BCUT2D eigenvalue weighted by Crippen LogP contribution is -2.46. The highest BCUT2D eigenvalue weighted by Gasteiger charge is 2.25. The highest BCUT2D eigenvalue weighted by molar-refractivity contribution is 7.92. The third-order valence-electron chi connectivity index (χ3n) is 5.59. The Balaban J connectivity index is 1.54. The molecule has 0 aliphatic carbocycles. The molecule has 9 heteroatoms. The van der Waals surface area contributed by atoms with Crippen LogP contribution in [0.4, 0.5) is 10.2 Å². The maximum Gasteiger partial charge on any atom is 0.221 e. The van der Waals surface area contributed by atoms with Gasteiger partial charge in [-0.15, -0.1) is 0 Å². The lowest BCUT2D eigenvalue weighted by atomic mass is 10.2. The van der Waals surface area contributed by atoms with E-state index in [0.717, 1.165) is 56.2 Å². The van der Waals surface area contributed by atoms with Crippen LogP contribution in [0.5, 0.6) is 0 Å². The van der Waals surface area contributed by atoms with Crippen LogP contribution in [0.1, 0.15) is 25.8 Å². The second-order valence-electron chi connectivity index (χ2n) is 7.73. The Kier molecular flexibility index (Phi) is 7.61. The molecule has 1 N–H and O–H groups in total. The van der Waals surface area contributed by atoms with Gasteiger partial charge in [0.25, 0.3) is 0 Å². The van der Waals surface area contributed by atoms with Crippen LogP contribution in [0.2, 0.25) is 0 Å². The molecule has 1 unspecified atom stereocenters. The Morgan fingerprint density at radius 2 is 1.84 bits per heavy atom. The van der Waals surface area contributed by atoms with Crippen LogP contribution < -0.4 is 10.2 Å². The summed E-state index contributed by atoms with van der Waals surface area (Å²) in [6, 6.07) is 8.44. The number of carbonyl (C=O) groups is 1. The van der Waals surface area contributed by atoms with Gasteiger partial charge in [-0.1, -0.05) is 6.92 Å². The molecule has 2 heterocycles. The zero-order valence-corrected chi connectivity index (χ0v) is 18.7. The van der Waals surface area contributed by atoms with Gasteiger partial charge in [0.1, 0.15) is 11.6 Å². The van der Waals surface area contributed by atoms with E-state index in [1.54, 1.807) is 6.20 Å². The van der Waals surface area contributed by atoms with Crippen LogP contribution in [0.25, 0.3) is 0 Å². The topological polar surface area (TPSA) is 82.6 Å². The molecule has 31 heavy (non-hydrogen) atoms. The number of halogens is 1. The Hall–Kier alpha value is -2.52. The van der Waals surface area contributed by atoms with Gasteiger partial charge in [-0.25, -0.2) is 17.8 Å². The van der Waals surface area contributed by atoms with E-state index in [1.807, 2.05) is 12.1 Å². The van der Waals surface area contributed by atoms with Crippen molar-refractivity contribution >= 4 is 21.6 Å². The number of rotatable bonds is 8. The minimum Gasteiger partial charge on any atom is -0.354 e. The number of carbonyl (C=O) groups excluding carboxylic acids is 1. The van der Waals surface area contributed by atoms with E-state index in [1.165, 1.54) is 19.1 Å². The SMILES string of the molecule is CCN1CCN(c2cc(CNC(=O)CC(C)S(=O)(=O)c3ccc(F)cc3)ccn2)CC1. The summed E-state index contributed by atoms with van der Waals surface area (Å²) >= 11 is 0. The number of hydrogen-bond donors (Lipinski definition) is 1. The van der Waals surface area contributed by atoms with Crippen molar-refractivity contribution in [3.05, 3.63) is 54.0 Å². The number of piperazine rings is 1. The van der Waals surface area contributed by atoms with Crippen LogP contribution in [0.15, 0.2) is 47.5 Å². The third kappa shape index (κ3) is 6.01. The predicted molar refractivity (Wildman–Crippen MR) is 118 cm³/mol. The maximum atomic E-state index is 13.1. The number of likely N-dealkylation sites (N-methyl/N-ethyl adjacent to an activating group) is 1. The van der Waals surface area contributed by atoms with Crippen LogP contribution in [-0.2, 0) is 21.2 Å². The molecule has 1 aromatic carbocycles. The van der Waals surface area contributed by atoms with E-state index in [4.69, 9.17) is 0 Å². The van der Waals surface area contributed by atoms with Crippen molar-refractivity contribution in [2.45, 2.75) is 37.0 Å². The number of pyridine rings is 1. The third-order valence-corrected chi connectivity index (χ3v) is 7.74. The maximum absolute atomic E-state index is 13.1. The summed E-state index contributed by atoms with van der Waals surface area (Å²) in [6.45, 7) is 8.81. The van der Waals surface area contributed by atoms with Crippen molar-refractivity contribution in [3.63, 3.8) is 0 Å². The molecule has 0 bridgehead atoms. The molecule has 0 saturated carbocycles. The van der Waals surface area contributed by atoms with Gasteiger partial charge in [-0.05, 0) is 55.4 Å². The molecular weight excluding hydrogens is 419 g/mol. The van der Waals surface area contributed by atoms with Gasteiger partial charge in [-0.2, -0.15) is 0 Å². The van der Waals surface area contributed by atoms with Gasteiger partial charge in [0.2, 0.25) is 5.91 Å². The molecule has 1 aromatic heterocycles. The molecule has 1 aliphatic rings. The van der Waals surface area contributed by atoms with Gasteiger partial charge in [0.05, 0.1) is 10.1 Å². The van der Waals surface area contributed by atoms with Crippen LogP contribution in [0.3, 0.4) is 0 Å². The van der Waals surface area contributed by atoms with Crippen molar-refractivity contribution in [1.82, 2.24) is 15.2 Å². The van der Waals surface area contributed by atoms with Crippen molar-refractivity contribution in [2.75, 3.05) is 37.6 Å². The van der Waals surface area contributed by atoms with E-state index < -0.39 is 20.9 Å². The number of aromatic nitrogens is 1. The summed E-state index contributed by atoms with van der Waals surface area (Å²) < 4.78 is 38.3. The highest BCUT2D eigenvalue weighted by atomic mass is 32.2. The number of amides is 1. The molecule has 2 aromatic rings. The molecule has 3 rings (SSSR count). The molecule has 168 valence electrons. The molecule has 0 radical (unpaired) electrons. The number of hydrogen-bond acceptors (Lipinski definition) is 6. The Labute approximate surface area is 183 Å². The molecule has 7 nitrogen and oxygen atoms in total. The van der Waals surface area contributed by atoms with Gasteiger partial charge < -0.3 is 15.1 Å². The summed E-state index contributed by atoms with van der Waals surface area (Å²) in [5, 5.41) is 1.88. The molecule has 1 aliphatic heterocycles. The number of benzene rings is 1. The minimum atomic E-state index is -3.71. The summed E-state index contributed by atoms with van der Waals surface area (Å²) in [4.78, 5) is 21.4. The molecule has 0 spiro atoms. The Bertz CT molecular complexity index is 990. The van der Waals surface area contributed by atoms with Gasteiger partial charge in [-0.3, -0.25) is 4.79 Å². The fourth-order valence-electron chi connectivity index (χ4n) is 3.54. The van der Waals surface area contributed by atoms with Gasteiger partial charge in [0.15, 0.2) is 9.84 Å². The van der Waals surface area contributed by atoms with Gasteiger partial charge in [0, 0.05) is 45.3 Å². The van der Waals surface area contributed by atoms with Crippen molar-refractivity contribution in [2.24, 2.45) is 0 Å². The summed E-state index contributed by atoms with van der Waals surface area (Å²) in [6.07, 6.45) is 1.56.